The molecule has 49 heavy (non-hydrogen) atoms. The van der Waals surface area contributed by atoms with Crippen molar-refractivity contribution in [2.45, 2.75) is 75.7 Å². The largest absolute Gasteiger partial charge is 0.463 e. The molecule has 2 aromatic rings. The van der Waals surface area contributed by atoms with E-state index in [9.17, 15) is 9.59 Å². The Kier molecular flexibility index (Phi) is 11.3. The number of carbonyl (C=O) groups is 2. The number of amides is 2. The fourth-order valence-electron chi connectivity index (χ4n) is 5.40. The van der Waals surface area contributed by atoms with Crippen molar-refractivity contribution in [1.29, 1.82) is 0 Å². The van der Waals surface area contributed by atoms with E-state index in [1.54, 1.807) is 41.8 Å². The maximum atomic E-state index is 15.9. The van der Waals surface area contributed by atoms with Crippen LogP contribution in [0.3, 0.4) is 0 Å². The molecule has 14 heteroatoms. The van der Waals surface area contributed by atoms with Gasteiger partial charge in [0.2, 0.25) is 11.8 Å². The SMILES string of the molecule is C#CCOc1cnc(/C(F)=C/c2ccc(F)c([C@@]3(C)N=C(N(COCC[Si](C)(C)C)C(=O)OC(C)(C)C)S[C@@]4(C(=O)N(C)C)C[C@H]43)c2)cn1. The van der Waals surface area contributed by atoms with Gasteiger partial charge < -0.3 is 19.1 Å². The first kappa shape index (κ1) is 38.0. The fourth-order valence-corrected chi connectivity index (χ4v) is 7.85. The molecule has 0 unspecified atom stereocenters. The van der Waals surface area contributed by atoms with Gasteiger partial charge in [0.1, 0.15) is 28.6 Å². The molecule has 1 aliphatic heterocycles. The Morgan fingerprint density at radius 2 is 1.92 bits per heavy atom. The van der Waals surface area contributed by atoms with Gasteiger partial charge in [-0.1, -0.05) is 43.4 Å². The molecule has 10 nitrogen and oxygen atoms in total. The monoisotopic (exact) mass is 713 g/mol. The molecule has 1 aliphatic carbocycles. The third-order valence-corrected chi connectivity index (χ3v) is 11.2. The molecule has 264 valence electrons. The zero-order chi connectivity index (χ0) is 36.4. The number of amidine groups is 1. The van der Waals surface area contributed by atoms with E-state index in [0.29, 0.717) is 18.6 Å². The Labute approximate surface area is 292 Å². The van der Waals surface area contributed by atoms with E-state index in [1.165, 1.54) is 58.2 Å². The molecule has 1 aromatic heterocycles. The molecule has 0 spiro atoms. The Balaban J connectivity index is 1.76. The van der Waals surface area contributed by atoms with Gasteiger partial charge >= 0.3 is 6.09 Å². The lowest BCUT2D eigenvalue weighted by atomic mass is 9.84. The highest BCUT2D eigenvalue weighted by Gasteiger charge is 2.71. The van der Waals surface area contributed by atoms with Crippen molar-refractivity contribution >= 4 is 48.9 Å². The minimum absolute atomic E-state index is 0.00421. The lowest BCUT2D eigenvalue weighted by molar-refractivity contribution is -0.129. The molecule has 0 bridgehead atoms. The van der Waals surface area contributed by atoms with Crippen LogP contribution in [-0.4, -0.2) is 89.4 Å². The van der Waals surface area contributed by atoms with Crippen molar-refractivity contribution in [1.82, 2.24) is 19.8 Å². The Morgan fingerprint density at radius 1 is 1.20 bits per heavy atom. The quantitative estimate of drug-likeness (QED) is 0.108. The summed E-state index contributed by atoms with van der Waals surface area (Å²) in [7, 11) is 1.88. The van der Waals surface area contributed by atoms with Crippen molar-refractivity contribution in [3.63, 3.8) is 0 Å². The van der Waals surface area contributed by atoms with Gasteiger partial charge in [-0.05, 0) is 63.9 Å². The van der Waals surface area contributed by atoms with E-state index in [4.69, 9.17) is 25.6 Å². The number of hydrogen-bond acceptors (Lipinski definition) is 9. The molecule has 2 amide bonds. The third kappa shape index (κ3) is 9.06. The second-order valence-corrected chi connectivity index (χ2v) is 21.6. The number of terminal acetylenes is 1. The number of fused-ring (bicyclic) bond motifs is 1. The van der Waals surface area contributed by atoms with E-state index in [-0.39, 0.29) is 41.5 Å². The summed E-state index contributed by atoms with van der Waals surface area (Å²) in [4.78, 5) is 43.3. The first-order valence-electron chi connectivity index (χ1n) is 15.9. The van der Waals surface area contributed by atoms with Crippen molar-refractivity contribution in [3.8, 4) is 18.2 Å². The maximum Gasteiger partial charge on any atom is 0.418 e. The van der Waals surface area contributed by atoms with E-state index in [2.05, 4.69) is 35.5 Å². The van der Waals surface area contributed by atoms with Crippen LogP contribution in [0.4, 0.5) is 13.6 Å². The van der Waals surface area contributed by atoms with Crippen LogP contribution in [0, 0.1) is 24.1 Å². The predicted molar refractivity (Wildman–Crippen MR) is 191 cm³/mol. The highest BCUT2D eigenvalue weighted by Crippen LogP contribution is 2.67. The first-order chi connectivity index (χ1) is 22.8. The minimum atomic E-state index is -1.44. The van der Waals surface area contributed by atoms with Gasteiger partial charge in [0.25, 0.3) is 0 Å². The van der Waals surface area contributed by atoms with Crippen LogP contribution in [0.5, 0.6) is 5.88 Å². The zero-order valence-electron chi connectivity index (χ0n) is 29.6. The van der Waals surface area contributed by atoms with Crippen LogP contribution in [-0.2, 0) is 19.8 Å². The van der Waals surface area contributed by atoms with Gasteiger partial charge in [-0.15, -0.1) is 6.42 Å². The Morgan fingerprint density at radius 3 is 2.51 bits per heavy atom. The summed E-state index contributed by atoms with van der Waals surface area (Å²) in [6.07, 6.45) is 8.56. The van der Waals surface area contributed by atoms with E-state index in [0.717, 1.165) is 6.04 Å². The highest BCUT2D eigenvalue weighted by molar-refractivity contribution is 8.16. The summed E-state index contributed by atoms with van der Waals surface area (Å²) in [6, 6.07) is 5.05. The number of thioether (sulfide) groups is 1. The molecule has 1 saturated carbocycles. The van der Waals surface area contributed by atoms with Crippen molar-refractivity contribution < 1.29 is 32.6 Å². The number of halogens is 2. The van der Waals surface area contributed by atoms with Crippen LogP contribution in [0.15, 0.2) is 35.6 Å². The summed E-state index contributed by atoms with van der Waals surface area (Å²) >= 11 is 1.17. The molecule has 2 heterocycles. The molecule has 2 aliphatic rings. The number of carbonyl (C=O) groups excluding carboxylic acids is 2. The summed E-state index contributed by atoms with van der Waals surface area (Å²) < 4.78 is 47.2. The standard InChI is InChI=1S/C35H45F2N5O5SSi/c1-11-14-46-29-21-38-27(20-39-29)26(37)18-23-12-13-25(36)24(17-23)34(5)28-19-35(28,30(43)41(6)7)48-31(40-34)42(32(44)47-33(2,3)4)22-45-15-16-49(8,9)10/h1,12-13,17-18,20-21,28H,14-16,19,22H2,2-10H3/b26-18-/t28-,34+,35-/m0/s1. The molecule has 3 atom stereocenters. The zero-order valence-corrected chi connectivity index (χ0v) is 31.4. The predicted octanol–water partition coefficient (Wildman–Crippen LogP) is 6.81. The van der Waals surface area contributed by atoms with Gasteiger partial charge in [-0.3, -0.25) is 9.79 Å². The van der Waals surface area contributed by atoms with Gasteiger partial charge in [0.15, 0.2) is 17.6 Å². The minimum Gasteiger partial charge on any atom is -0.463 e. The maximum absolute atomic E-state index is 15.9. The van der Waals surface area contributed by atoms with Crippen LogP contribution in [0.2, 0.25) is 25.7 Å². The molecule has 4 rings (SSSR count). The summed E-state index contributed by atoms with van der Waals surface area (Å²) in [5, 5.41) is 0.183. The molecule has 0 radical (unpaired) electrons. The van der Waals surface area contributed by atoms with Gasteiger partial charge in [0.05, 0.1) is 17.9 Å². The average molecular weight is 714 g/mol. The second-order valence-electron chi connectivity index (χ2n) is 14.7. The van der Waals surface area contributed by atoms with E-state index >= 15 is 8.78 Å². The molecule has 0 saturated heterocycles. The van der Waals surface area contributed by atoms with Gasteiger partial charge in [-0.2, -0.15) is 0 Å². The molecular formula is C35H45F2N5O5SSi. The number of nitrogens with zero attached hydrogens (tertiary/aromatic N) is 5. The van der Waals surface area contributed by atoms with Crippen LogP contribution in [0.1, 0.15) is 50.9 Å². The average Bonchev–Trinajstić information content (AvgIpc) is 3.76. The second kappa shape index (κ2) is 14.6. The van der Waals surface area contributed by atoms with Crippen molar-refractivity contribution in [2.24, 2.45) is 10.9 Å². The molecule has 1 fully saturated rings. The number of aromatic nitrogens is 2. The van der Waals surface area contributed by atoms with E-state index in [1.807, 2.05) is 0 Å². The molecule has 0 N–H and O–H groups in total. The number of aliphatic imine (C=N–C) groups is 1. The third-order valence-electron chi connectivity index (χ3n) is 8.03. The van der Waals surface area contributed by atoms with Crippen molar-refractivity contribution in [3.05, 3.63) is 53.2 Å². The fraction of sp³-hybridized carbons (Fsp3) is 0.514. The molecular weight excluding hydrogens is 669 g/mol. The normalized spacial score (nSPS) is 22.0. The number of ether oxygens (including phenoxy) is 3. The van der Waals surface area contributed by atoms with Crippen molar-refractivity contribution in [2.75, 3.05) is 34.0 Å². The van der Waals surface area contributed by atoms with Crippen LogP contribution < -0.4 is 4.74 Å². The van der Waals surface area contributed by atoms with Gasteiger partial charge in [-0.25, -0.2) is 28.4 Å². The molecule has 1 aromatic carbocycles. The lowest BCUT2D eigenvalue weighted by Gasteiger charge is -2.38. The highest BCUT2D eigenvalue weighted by atomic mass is 32.2. The van der Waals surface area contributed by atoms with Crippen LogP contribution in [0.25, 0.3) is 11.9 Å². The number of rotatable bonds is 11. The summed E-state index contributed by atoms with van der Waals surface area (Å²) in [5.74, 6) is 0.572. The Hall–Kier alpha value is -3.80. The van der Waals surface area contributed by atoms with Crippen LogP contribution >= 0.6 is 11.8 Å². The topological polar surface area (TPSA) is 106 Å². The lowest BCUT2D eigenvalue weighted by Crippen LogP contribution is -2.48. The van der Waals surface area contributed by atoms with Gasteiger partial charge in [0, 0.05) is 40.3 Å². The Bertz CT molecular complexity index is 1670. The number of benzene rings is 1. The summed E-state index contributed by atoms with van der Waals surface area (Å²) in [6.45, 7) is 13.9. The number of hydrogen-bond donors (Lipinski definition) is 0. The van der Waals surface area contributed by atoms with E-state index < -0.39 is 47.6 Å². The smallest absolute Gasteiger partial charge is 0.418 e. The summed E-state index contributed by atoms with van der Waals surface area (Å²) in [5.41, 5.74) is -1.71. The first-order valence-corrected chi connectivity index (χ1v) is 20.5.